The SMILES string of the molecule is CC(C)CN1CC(NCC2CC2)CC(C(=O)O)C1. The number of hydrogen-bond donors (Lipinski definition) is 2. The minimum absolute atomic E-state index is 0.200. The van der Waals surface area contributed by atoms with Crippen LogP contribution >= 0.6 is 0 Å². The van der Waals surface area contributed by atoms with Gasteiger partial charge in [-0.3, -0.25) is 4.79 Å². The van der Waals surface area contributed by atoms with Gasteiger partial charge >= 0.3 is 5.97 Å². The number of carboxylic acid groups (broad SMARTS) is 1. The van der Waals surface area contributed by atoms with Gasteiger partial charge in [0, 0.05) is 25.7 Å². The van der Waals surface area contributed by atoms with Crippen molar-refractivity contribution in [2.75, 3.05) is 26.2 Å². The van der Waals surface area contributed by atoms with Crippen LogP contribution in [0.25, 0.3) is 0 Å². The highest BCUT2D eigenvalue weighted by Gasteiger charge is 2.32. The lowest BCUT2D eigenvalue weighted by molar-refractivity contribution is -0.144. The van der Waals surface area contributed by atoms with Crippen LogP contribution in [-0.4, -0.2) is 48.2 Å². The van der Waals surface area contributed by atoms with Gasteiger partial charge in [0.25, 0.3) is 0 Å². The summed E-state index contributed by atoms with van der Waals surface area (Å²) in [6, 6.07) is 0.360. The monoisotopic (exact) mass is 254 g/mol. The minimum Gasteiger partial charge on any atom is -0.481 e. The van der Waals surface area contributed by atoms with Crippen LogP contribution < -0.4 is 5.32 Å². The second-order valence-electron chi connectivity index (χ2n) is 6.43. The number of rotatable bonds is 6. The van der Waals surface area contributed by atoms with Crippen LogP contribution in [0.1, 0.15) is 33.1 Å². The normalized spacial score (nSPS) is 29.7. The van der Waals surface area contributed by atoms with Crippen LogP contribution in [0.15, 0.2) is 0 Å². The fraction of sp³-hybridized carbons (Fsp3) is 0.929. The Kier molecular flexibility index (Phi) is 4.62. The molecular formula is C14H26N2O2. The van der Waals surface area contributed by atoms with Crippen molar-refractivity contribution in [3.63, 3.8) is 0 Å². The van der Waals surface area contributed by atoms with Gasteiger partial charge in [0.05, 0.1) is 5.92 Å². The number of likely N-dealkylation sites (tertiary alicyclic amines) is 1. The third-order valence-corrected chi connectivity index (χ3v) is 3.89. The molecule has 1 heterocycles. The van der Waals surface area contributed by atoms with Crippen molar-refractivity contribution < 1.29 is 9.90 Å². The Hall–Kier alpha value is -0.610. The van der Waals surface area contributed by atoms with Gasteiger partial charge in [-0.1, -0.05) is 13.8 Å². The van der Waals surface area contributed by atoms with Gasteiger partial charge in [0.1, 0.15) is 0 Å². The van der Waals surface area contributed by atoms with Crippen molar-refractivity contribution in [3.05, 3.63) is 0 Å². The van der Waals surface area contributed by atoms with Gasteiger partial charge < -0.3 is 15.3 Å². The number of carbonyl (C=O) groups is 1. The summed E-state index contributed by atoms with van der Waals surface area (Å²) in [4.78, 5) is 13.5. The maximum absolute atomic E-state index is 11.2. The lowest BCUT2D eigenvalue weighted by Crippen LogP contribution is -2.52. The average Bonchev–Trinajstić information content (AvgIpc) is 3.08. The average molecular weight is 254 g/mol. The number of aliphatic carboxylic acids is 1. The number of carboxylic acids is 1. The van der Waals surface area contributed by atoms with Crippen molar-refractivity contribution in [1.29, 1.82) is 0 Å². The van der Waals surface area contributed by atoms with E-state index < -0.39 is 5.97 Å². The third kappa shape index (κ3) is 4.25. The van der Waals surface area contributed by atoms with Crippen molar-refractivity contribution >= 4 is 5.97 Å². The largest absolute Gasteiger partial charge is 0.481 e. The molecule has 0 aromatic heterocycles. The highest BCUT2D eigenvalue weighted by molar-refractivity contribution is 5.70. The third-order valence-electron chi connectivity index (χ3n) is 3.89. The molecular weight excluding hydrogens is 228 g/mol. The number of nitrogens with zero attached hydrogens (tertiary/aromatic N) is 1. The topological polar surface area (TPSA) is 52.6 Å². The molecule has 2 aliphatic rings. The molecule has 0 spiro atoms. The molecule has 0 radical (unpaired) electrons. The van der Waals surface area contributed by atoms with Crippen LogP contribution in [0.2, 0.25) is 0 Å². The molecule has 1 aliphatic heterocycles. The van der Waals surface area contributed by atoms with E-state index in [1.165, 1.54) is 12.8 Å². The summed E-state index contributed by atoms with van der Waals surface area (Å²) in [6.07, 6.45) is 3.48. The second kappa shape index (κ2) is 6.02. The fourth-order valence-corrected chi connectivity index (χ4v) is 2.84. The summed E-state index contributed by atoms with van der Waals surface area (Å²) in [7, 11) is 0. The van der Waals surface area contributed by atoms with E-state index in [-0.39, 0.29) is 5.92 Å². The van der Waals surface area contributed by atoms with Crippen LogP contribution in [0.3, 0.4) is 0 Å². The maximum atomic E-state index is 11.2. The fourth-order valence-electron chi connectivity index (χ4n) is 2.84. The number of piperidine rings is 1. The molecule has 4 nitrogen and oxygen atoms in total. The summed E-state index contributed by atoms with van der Waals surface area (Å²) in [5, 5.41) is 12.8. The van der Waals surface area contributed by atoms with Crippen molar-refractivity contribution in [2.45, 2.75) is 39.2 Å². The molecule has 0 aromatic carbocycles. The predicted octanol–water partition coefficient (Wildman–Crippen LogP) is 1.42. The zero-order valence-corrected chi connectivity index (χ0v) is 11.6. The van der Waals surface area contributed by atoms with Crippen molar-refractivity contribution in [2.24, 2.45) is 17.8 Å². The zero-order chi connectivity index (χ0) is 13.1. The first-order chi connectivity index (χ1) is 8.54. The lowest BCUT2D eigenvalue weighted by Gasteiger charge is -2.37. The smallest absolute Gasteiger partial charge is 0.307 e. The molecule has 2 fully saturated rings. The first-order valence-electron chi connectivity index (χ1n) is 7.23. The van der Waals surface area contributed by atoms with E-state index >= 15 is 0 Å². The van der Waals surface area contributed by atoms with Crippen LogP contribution in [0.5, 0.6) is 0 Å². The predicted molar refractivity (Wildman–Crippen MR) is 71.5 cm³/mol. The number of nitrogens with one attached hydrogen (secondary N) is 1. The van der Waals surface area contributed by atoms with E-state index in [1.54, 1.807) is 0 Å². The summed E-state index contributed by atoms with van der Waals surface area (Å²) < 4.78 is 0. The zero-order valence-electron chi connectivity index (χ0n) is 11.6. The van der Waals surface area contributed by atoms with Gasteiger partial charge in [-0.15, -0.1) is 0 Å². The Bertz CT molecular complexity index is 290. The molecule has 0 aromatic rings. The molecule has 1 saturated heterocycles. The first-order valence-corrected chi connectivity index (χ1v) is 7.23. The summed E-state index contributed by atoms with van der Waals surface area (Å²) in [5.74, 6) is 0.617. The molecule has 18 heavy (non-hydrogen) atoms. The van der Waals surface area contributed by atoms with E-state index in [4.69, 9.17) is 0 Å². The van der Waals surface area contributed by atoms with E-state index in [1.807, 2.05) is 0 Å². The van der Waals surface area contributed by atoms with Crippen LogP contribution in [0, 0.1) is 17.8 Å². The molecule has 4 heteroatoms. The summed E-state index contributed by atoms with van der Waals surface area (Å²) >= 11 is 0. The van der Waals surface area contributed by atoms with E-state index in [9.17, 15) is 9.90 Å². The van der Waals surface area contributed by atoms with Gasteiger partial charge in [-0.2, -0.15) is 0 Å². The molecule has 0 bridgehead atoms. The second-order valence-corrected chi connectivity index (χ2v) is 6.43. The minimum atomic E-state index is -0.637. The van der Waals surface area contributed by atoms with Gasteiger partial charge in [0.2, 0.25) is 0 Å². The van der Waals surface area contributed by atoms with Crippen LogP contribution in [-0.2, 0) is 4.79 Å². The molecule has 2 atom stereocenters. The maximum Gasteiger partial charge on any atom is 0.307 e. The summed E-state index contributed by atoms with van der Waals surface area (Å²) in [5.41, 5.74) is 0. The van der Waals surface area contributed by atoms with Gasteiger partial charge in [-0.05, 0) is 37.6 Å². The molecule has 1 saturated carbocycles. The number of hydrogen-bond acceptors (Lipinski definition) is 3. The van der Waals surface area contributed by atoms with Crippen LogP contribution in [0.4, 0.5) is 0 Å². The molecule has 1 aliphatic carbocycles. The highest BCUT2D eigenvalue weighted by atomic mass is 16.4. The van der Waals surface area contributed by atoms with E-state index in [0.717, 1.165) is 38.5 Å². The molecule has 2 rings (SSSR count). The molecule has 2 N–H and O–H groups in total. The Labute approximate surface area is 110 Å². The van der Waals surface area contributed by atoms with Gasteiger partial charge in [-0.25, -0.2) is 0 Å². The quantitative estimate of drug-likeness (QED) is 0.752. The first kappa shape index (κ1) is 13.8. The Balaban J connectivity index is 1.85. The Morgan fingerprint density at radius 1 is 1.39 bits per heavy atom. The summed E-state index contributed by atoms with van der Waals surface area (Å²) in [6.45, 7) is 8.19. The van der Waals surface area contributed by atoms with Crippen molar-refractivity contribution in [1.82, 2.24) is 10.2 Å². The van der Waals surface area contributed by atoms with E-state index in [0.29, 0.717) is 12.0 Å². The Morgan fingerprint density at radius 2 is 2.11 bits per heavy atom. The standard InChI is InChI=1S/C14H26N2O2/c1-10(2)7-16-8-12(14(17)18)5-13(9-16)15-6-11-3-4-11/h10-13,15H,3-9H2,1-2H3,(H,17,18). The molecule has 104 valence electrons. The highest BCUT2D eigenvalue weighted by Crippen LogP contribution is 2.28. The lowest BCUT2D eigenvalue weighted by atomic mass is 9.93. The Morgan fingerprint density at radius 3 is 2.67 bits per heavy atom. The molecule has 0 amide bonds. The van der Waals surface area contributed by atoms with E-state index in [2.05, 4.69) is 24.1 Å². The molecule has 2 unspecified atom stereocenters. The van der Waals surface area contributed by atoms with Crippen molar-refractivity contribution in [3.8, 4) is 0 Å². The van der Waals surface area contributed by atoms with Gasteiger partial charge in [0.15, 0.2) is 0 Å².